The molecule has 0 aliphatic rings. The van der Waals surface area contributed by atoms with Crippen molar-refractivity contribution < 1.29 is 10.2 Å². The summed E-state index contributed by atoms with van der Waals surface area (Å²) in [5, 5.41) is 20.3. The quantitative estimate of drug-likeness (QED) is 0.768. The smallest absolute Gasteiger partial charge is 0.0984 e. The fourth-order valence-corrected chi connectivity index (χ4v) is 1.94. The normalized spacial score (nSPS) is 14.8. The van der Waals surface area contributed by atoms with Gasteiger partial charge in [-0.15, -0.1) is 0 Å². The van der Waals surface area contributed by atoms with Gasteiger partial charge in [0.2, 0.25) is 0 Å². The van der Waals surface area contributed by atoms with E-state index >= 15 is 0 Å². The van der Waals surface area contributed by atoms with E-state index in [-0.39, 0.29) is 6.61 Å². The maximum atomic E-state index is 10.0. The van der Waals surface area contributed by atoms with Crippen LogP contribution in [-0.4, -0.2) is 27.8 Å². The Hall–Kier alpha value is -1.20. The van der Waals surface area contributed by atoms with E-state index in [1.165, 1.54) is 0 Å². The van der Waals surface area contributed by atoms with Crippen LogP contribution in [0.3, 0.4) is 0 Å². The van der Waals surface area contributed by atoms with Crippen LogP contribution in [0.5, 0.6) is 0 Å². The Balaban J connectivity index is 2.59. The van der Waals surface area contributed by atoms with Crippen molar-refractivity contribution >= 4 is 22.5 Å². The zero-order chi connectivity index (χ0) is 12.4. The van der Waals surface area contributed by atoms with E-state index < -0.39 is 12.1 Å². The van der Waals surface area contributed by atoms with Crippen molar-refractivity contribution in [3.05, 3.63) is 41.0 Å². The highest BCUT2D eigenvalue weighted by Crippen LogP contribution is 2.29. The Kier molecular flexibility index (Phi) is 3.59. The highest BCUT2D eigenvalue weighted by Gasteiger charge is 2.19. The number of aromatic nitrogens is 1. The second-order valence-electron chi connectivity index (χ2n) is 3.83. The number of hydrogen-bond donors (Lipinski definition) is 3. The van der Waals surface area contributed by atoms with Gasteiger partial charge < -0.3 is 15.9 Å². The summed E-state index contributed by atoms with van der Waals surface area (Å²) in [6.45, 7) is -0.294. The molecule has 0 saturated carbocycles. The molecule has 0 bridgehead atoms. The van der Waals surface area contributed by atoms with Crippen LogP contribution in [-0.2, 0) is 0 Å². The Morgan fingerprint density at radius 3 is 2.82 bits per heavy atom. The molecule has 0 aliphatic heterocycles. The van der Waals surface area contributed by atoms with Gasteiger partial charge in [-0.1, -0.05) is 17.7 Å². The van der Waals surface area contributed by atoms with Gasteiger partial charge in [-0.2, -0.15) is 0 Å². The Labute approximate surface area is 104 Å². The minimum atomic E-state index is -0.963. The molecule has 5 heteroatoms. The number of hydrogen-bond acceptors (Lipinski definition) is 4. The van der Waals surface area contributed by atoms with Crippen LogP contribution in [0.25, 0.3) is 10.9 Å². The first kappa shape index (κ1) is 12.3. The van der Waals surface area contributed by atoms with Gasteiger partial charge in [0.15, 0.2) is 0 Å². The van der Waals surface area contributed by atoms with Crippen molar-refractivity contribution in [2.75, 3.05) is 6.61 Å². The fraction of sp³-hybridized carbons (Fsp3) is 0.250. The Morgan fingerprint density at radius 2 is 2.12 bits per heavy atom. The Bertz CT molecular complexity index is 533. The zero-order valence-electron chi connectivity index (χ0n) is 9.05. The number of fused-ring (bicyclic) bond motifs is 1. The predicted molar refractivity (Wildman–Crippen MR) is 66.8 cm³/mol. The van der Waals surface area contributed by atoms with Gasteiger partial charge in [0.1, 0.15) is 0 Å². The topological polar surface area (TPSA) is 79.4 Å². The number of pyridine rings is 1. The van der Waals surface area contributed by atoms with E-state index in [0.29, 0.717) is 16.1 Å². The van der Waals surface area contributed by atoms with Crippen molar-refractivity contribution in [2.24, 2.45) is 5.73 Å². The molecule has 0 amide bonds. The van der Waals surface area contributed by atoms with Gasteiger partial charge >= 0.3 is 0 Å². The lowest BCUT2D eigenvalue weighted by Crippen LogP contribution is -2.32. The average Bonchev–Trinajstić information content (AvgIpc) is 2.38. The second kappa shape index (κ2) is 4.98. The minimum Gasteiger partial charge on any atom is -0.395 e. The van der Waals surface area contributed by atoms with Crippen LogP contribution in [0.15, 0.2) is 30.5 Å². The molecule has 0 aliphatic carbocycles. The third-order valence-corrected chi connectivity index (χ3v) is 3.01. The van der Waals surface area contributed by atoms with Crippen LogP contribution in [0.1, 0.15) is 11.7 Å². The average molecular weight is 253 g/mol. The molecule has 90 valence electrons. The first-order chi connectivity index (χ1) is 8.15. The van der Waals surface area contributed by atoms with E-state index in [0.717, 1.165) is 5.39 Å². The van der Waals surface area contributed by atoms with E-state index in [9.17, 15) is 5.11 Å². The number of aliphatic hydroxyl groups is 2. The minimum absolute atomic E-state index is 0.294. The Morgan fingerprint density at radius 1 is 1.35 bits per heavy atom. The van der Waals surface area contributed by atoms with Gasteiger partial charge in [0.05, 0.1) is 24.3 Å². The largest absolute Gasteiger partial charge is 0.395 e. The third kappa shape index (κ3) is 2.25. The van der Waals surface area contributed by atoms with Crippen LogP contribution in [0.2, 0.25) is 5.02 Å². The molecular weight excluding hydrogens is 240 g/mol. The molecule has 0 radical (unpaired) electrons. The van der Waals surface area contributed by atoms with Crippen molar-refractivity contribution in [3.63, 3.8) is 0 Å². The maximum absolute atomic E-state index is 10.0. The molecule has 1 aromatic heterocycles. The summed E-state index contributed by atoms with van der Waals surface area (Å²) in [5.74, 6) is 0. The van der Waals surface area contributed by atoms with Crippen LogP contribution < -0.4 is 5.73 Å². The summed E-state index contributed by atoms with van der Waals surface area (Å²) in [6.07, 6.45) is 0.661. The van der Waals surface area contributed by atoms with Gasteiger partial charge in [0.25, 0.3) is 0 Å². The van der Waals surface area contributed by atoms with Crippen molar-refractivity contribution in [1.29, 1.82) is 0 Å². The summed E-state index contributed by atoms with van der Waals surface area (Å²) in [4.78, 5) is 4.20. The molecule has 2 unspecified atom stereocenters. The molecule has 2 atom stereocenters. The molecule has 1 aromatic carbocycles. The second-order valence-corrected chi connectivity index (χ2v) is 4.23. The summed E-state index contributed by atoms with van der Waals surface area (Å²) < 4.78 is 0. The molecule has 0 fully saturated rings. The number of rotatable bonds is 3. The number of nitrogens with zero attached hydrogens (tertiary/aromatic N) is 1. The lowest BCUT2D eigenvalue weighted by atomic mass is 10.00. The van der Waals surface area contributed by atoms with E-state index in [1.54, 1.807) is 24.4 Å². The number of aliphatic hydroxyl groups excluding tert-OH is 2. The van der Waals surface area contributed by atoms with E-state index in [1.807, 2.05) is 6.07 Å². The van der Waals surface area contributed by atoms with Crippen LogP contribution in [0.4, 0.5) is 0 Å². The van der Waals surface area contributed by atoms with E-state index in [4.69, 9.17) is 22.4 Å². The predicted octanol–water partition coefficient (Wildman–Crippen LogP) is 1.24. The summed E-state index contributed by atoms with van der Waals surface area (Å²) >= 11 is 6.04. The maximum Gasteiger partial charge on any atom is 0.0984 e. The summed E-state index contributed by atoms with van der Waals surface area (Å²) in [5.41, 5.74) is 6.80. The first-order valence-electron chi connectivity index (χ1n) is 5.22. The molecule has 0 saturated heterocycles. The van der Waals surface area contributed by atoms with Crippen molar-refractivity contribution in [1.82, 2.24) is 4.98 Å². The number of nitrogens with two attached hydrogens (primary N) is 1. The lowest BCUT2D eigenvalue weighted by molar-refractivity contribution is 0.110. The number of benzene rings is 1. The molecule has 4 nitrogen and oxygen atoms in total. The zero-order valence-corrected chi connectivity index (χ0v) is 9.80. The van der Waals surface area contributed by atoms with Gasteiger partial charge in [-0.25, -0.2) is 0 Å². The van der Waals surface area contributed by atoms with Gasteiger partial charge in [-0.3, -0.25) is 4.98 Å². The number of halogens is 1. The standard InChI is InChI=1S/C12H13ClN2O2/c13-9-4-3-8(12(17)10(14)6-16)11-7(9)2-1-5-15-11/h1-5,10,12,16-17H,6,14H2. The summed E-state index contributed by atoms with van der Waals surface area (Å²) in [7, 11) is 0. The van der Waals surface area contributed by atoms with Gasteiger partial charge in [-0.05, 0) is 18.2 Å². The molecule has 1 heterocycles. The molecule has 17 heavy (non-hydrogen) atoms. The SMILES string of the molecule is NC(CO)C(O)c1ccc(Cl)c2cccnc12. The molecule has 4 N–H and O–H groups in total. The van der Waals surface area contributed by atoms with E-state index in [2.05, 4.69) is 4.98 Å². The van der Waals surface area contributed by atoms with Crippen molar-refractivity contribution in [2.45, 2.75) is 12.1 Å². The first-order valence-corrected chi connectivity index (χ1v) is 5.60. The third-order valence-electron chi connectivity index (χ3n) is 2.68. The molecular formula is C12H13ClN2O2. The van der Waals surface area contributed by atoms with Crippen LogP contribution in [0, 0.1) is 0 Å². The highest BCUT2D eigenvalue weighted by molar-refractivity contribution is 6.35. The summed E-state index contributed by atoms with van der Waals surface area (Å²) in [6, 6.07) is 6.23. The lowest BCUT2D eigenvalue weighted by Gasteiger charge is -2.18. The van der Waals surface area contributed by atoms with Crippen LogP contribution >= 0.6 is 11.6 Å². The monoisotopic (exact) mass is 252 g/mol. The molecule has 0 spiro atoms. The molecule has 2 rings (SSSR count). The fourth-order valence-electron chi connectivity index (χ4n) is 1.73. The van der Waals surface area contributed by atoms with Crippen molar-refractivity contribution in [3.8, 4) is 0 Å². The van der Waals surface area contributed by atoms with Gasteiger partial charge in [0, 0.05) is 22.2 Å². The molecule has 2 aromatic rings. The highest BCUT2D eigenvalue weighted by atomic mass is 35.5.